The molecule has 1 fully saturated rings. The molecule has 0 bridgehead atoms. The number of carbonyl (C=O) groups excluding carboxylic acids is 1. The molecule has 0 saturated heterocycles. The topological polar surface area (TPSA) is 44.7 Å². The number of benzene rings is 1. The van der Waals surface area contributed by atoms with Crippen molar-refractivity contribution in [1.82, 2.24) is 5.43 Å². The van der Waals surface area contributed by atoms with Gasteiger partial charge in [-0.3, -0.25) is 4.79 Å². The van der Waals surface area contributed by atoms with Crippen molar-refractivity contribution in [2.75, 3.05) is 18.0 Å². The number of hydrazone groups is 1. The number of hydrogen-bond donors (Lipinski definition) is 1. The molecule has 0 unspecified atom stereocenters. The van der Waals surface area contributed by atoms with Crippen LogP contribution in [0.4, 0.5) is 5.69 Å². The number of amides is 1. The van der Waals surface area contributed by atoms with Gasteiger partial charge in [-0.15, -0.1) is 0 Å². The van der Waals surface area contributed by atoms with Crippen LogP contribution in [0.5, 0.6) is 0 Å². The second-order valence-corrected chi connectivity index (χ2v) is 6.55. The summed E-state index contributed by atoms with van der Waals surface area (Å²) in [5.41, 5.74) is 6.44. The van der Waals surface area contributed by atoms with Crippen LogP contribution in [-0.2, 0) is 11.2 Å². The van der Waals surface area contributed by atoms with E-state index in [4.69, 9.17) is 0 Å². The Hall–Kier alpha value is -1.84. The highest BCUT2D eigenvalue weighted by Gasteiger charge is 2.19. The fraction of sp³-hybridized carbons (Fsp3) is 0.556. The first-order valence-electron chi connectivity index (χ1n) is 8.39. The van der Waals surface area contributed by atoms with Crippen molar-refractivity contribution in [3.05, 3.63) is 29.8 Å². The average Bonchev–Trinajstić information content (AvgIpc) is 2.55. The van der Waals surface area contributed by atoms with Crippen LogP contribution in [-0.4, -0.2) is 24.7 Å². The molecule has 1 saturated carbocycles. The van der Waals surface area contributed by atoms with Crippen molar-refractivity contribution in [1.29, 1.82) is 0 Å². The van der Waals surface area contributed by atoms with Crippen LogP contribution < -0.4 is 10.3 Å². The summed E-state index contributed by atoms with van der Waals surface area (Å²) in [6.07, 6.45) is 6.63. The zero-order valence-electron chi connectivity index (χ0n) is 13.3. The fourth-order valence-electron chi connectivity index (χ4n) is 3.33. The van der Waals surface area contributed by atoms with Crippen LogP contribution in [0.25, 0.3) is 0 Å². The minimum absolute atomic E-state index is 0.0113. The molecule has 2 aliphatic rings. The fourth-order valence-corrected chi connectivity index (χ4v) is 3.33. The molecule has 3 rings (SSSR count). The second kappa shape index (κ2) is 6.95. The van der Waals surface area contributed by atoms with Crippen molar-refractivity contribution in [3.63, 3.8) is 0 Å². The Morgan fingerprint density at radius 3 is 2.86 bits per heavy atom. The lowest BCUT2D eigenvalue weighted by Gasteiger charge is -2.30. The smallest absolute Gasteiger partial charge is 0.259 e. The van der Waals surface area contributed by atoms with Gasteiger partial charge >= 0.3 is 0 Å². The SMILES string of the molecule is CC1CCC(=NNC(=O)CN2CCCc3ccccc32)CC1. The van der Waals surface area contributed by atoms with Crippen LogP contribution in [0, 0.1) is 5.92 Å². The van der Waals surface area contributed by atoms with Crippen molar-refractivity contribution in [3.8, 4) is 0 Å². The Balaban J connectivity index is 1.55. The number of rotatable bonds is 3. The molecule has 1 amide bonds. The van der Waals surface area contributed by atoms with Gasteiger partial charge in [-0.05, 0) is 56.1 Å². The van der Waals surface area contributed by atoms with E-state index in [1.54, 1.807) is 0 Å². The van der Waals surface area contributed by atoms with Crippen molar-refractivity contribution in [2.24, 2.45) is 11.0 Å². The van der Waals surface area contributed by atoms with Crippen molar-refractivity contribution in [2.45, 2.75) is 45.4 Å². The van der Waals surface area contributed by atoms with E-state index >= 15 is 0 Å². The molecule has 0 radical (unpaired) electrons. The van der Waals surface area contributed by atoms with Crippen LogP contribution in [0.2, 0.25) is 0 Å². The van der Waals surface area contributed by atoms with Crippen LogP contribution >= 0.6 is 0 Å². The van der Waals surface area contributed by atoms with E-state index in [1.165, 1.54) is 24.1 Å². The van der Waals surface area contributed by atoms with Crippen molar-refractivity contribution >= 4 is 17.3 Å². The Kier molecular flexibility index (Phi) is 4.76. The minimum Gasteiger partial charge on any atom is -0.362 e. The summed E-state index contributed by atoms with van der Waals surface area (Å²) < 4.78 is 0. The van der Waals surface area contributed by atoms with Gasteiger partial charge in [0.2, 0.25) is 0 Å². The van der Waals surface area contributed by atoms with Gasteiger partial charge < -0.3 is 4.90 Å². The molecule has 4 nitrogen and oxygen atoms in total. The first-order chi connectivity index (χ1) is 10.7. The molecule has 1 aromatic rings. The van der Waals surface area contributed by atoms with E-state index in [0.717, 1.165) is 43.9 Å². The third kappa shape index (κ3) is 3.67. The van der Waals surface area contributed by atoms with E-state index in [0.29, 0.717) is 6.54 Å². The molecule has 118 valence electrons. The van der Waals surface area contributed by atoms with Gasteiger partial charge in [-0.25, -0.2) is 5.43 Å². The van der Waals surface area contributed by atoms with Gasteiger partial charge in [0.05, 0.1) is 6.54 Å². The Morgan fingerprint density at radius 2 is 2.05 bits per heavy atom. The molecule has 1 aliphatic carbocycles. The number of nitrogens with zero attached hydrogens (tertiary/aromatic N) is 2. The van der Waals surface area contributed by atoms with Gasteiger partial charge in [-0.1, -0.05) is 25.1 Å². The molecule has 1 N–H and O–H groups in total. The maximum Gasteiger partial charge on any atom is 0.259 e. The number of anilines is 1. The summed E-state index contributed by atoms with van der Waals surface area (Å²) in [4.78, 5) is 14.3. The van der Waals surface area contributed by atoms with Gasteiger partial charge in [0.25, 0.3) is 5.91 Å². The first-order valence-corrected chi connectivity index (χ1v) is 8.39. The van der Waals surface area contributed by atoms with Crippen LogP contribution in [0.15, 0.2) is 29.4 Å². The number of nitrogens with one attached hydrogen (secondary N) is 1. The third-order valence-corrected chi connectivity index (χ3v) is 4.73. The van der Waals surface area contributed by atoms with Gasteiger partial charge in [-0.2, -0.15) is 5.10 Å². The Labute approximate surface area is 132 Å². The Bertz CT molecular complexity index is 557. The summed E-state index contributed by atoms with van der Waals surface area (Å²) in [5, 5.41) is 4.33. The lowest BCUT2D eigenvalue weighted by Crippen LogP contribution is -2.38. The zero-order valence-corrected chi connectivity index (χ0v) is 13.3. The summed E-state index contributed by atoms with van der Waals surface area (Å²) in [5.74, 6) is 0.780. The minimum atomic E-state index is -0.0113. The monoisotopic (exact) mass is 299 g/mol. The third-order valence-electron chi connectivity index (χ3n) is 4.73. The maximum absolute atomic E-state index is 12.2. The molecule has 1 aromatic carbocycles. The van der Waals surface area contributed by atoms with Crippen LogP contribution in [0.1, 0.15) is 44.6 Å². The number of fused-ring (bicyclic) bond motifs is 1. The van der Waals surface area contributed by atoms with Crippen molar-refractivity contribution < 1.29 is 4.79 Å². The zero-order chi connectivity index (χ0) is 15.4. The quantitative estimate of drug-likeness (QED) is 0.872. The number of para-hydroxylation sites is 1. The van der Waals surface area contributed by atoms with Gasteiger partial charge in [0.1, 0.15) is 0 Å². The summed E-state index contributed by atoms with van der Waals surface area (Å²) in [7, 11) is 0. The summed E-state index contributed by atoms with van der Waals surface area (Å²) >= 11 is 0. The molecule has 1 heterocycles. The predicted molar refractivity (Wildman–Crippen MR) is 90.2 cm³/mol. The summed E-state index contributed by atoms with van der Waals surface area (Å²) in [6, 6.07) is 8.37. The molecule has 0 aromatic heterocycles. The number of hydrogen-bond acceptors (Lipinski definition) is 3. The highest BCUT2D eigenvalue weighted by atomic mass is 16.2. The lowest BCUT2D eigenvalue weighted by atomic mass is 9.90. The van der Waals surface area contributed by atoms with Gasteiger partial charge in [0.15, 0.2) is 0 Å². The molecule has 1 aliphatic heterocycles. The molecule has 0 spiro atoms. The van der Waals surface area contributed by atoms with E-state index < -0.39 is 0 Å². The van der Waals surface area contributed by atoms with E-state index in [1.807, 2.05) is 6.07 Å². The largest absolute Gasteiger partial charge is 0.362 e. The van der Waals surface area contributed by atoms with E-state index in [9.17, 15) is 4.79 Å². The van der Waals surface area contributed by atoms with E-state index in [-0.39, 0.29) is 5.91 Å². The lowest BCUT2D eigenvalue weighted by molar-refractivity contribution is -0.119. The maximum atomic E-state index is 12.2. The van der Waals surface area contributed by atoms with Crippen LogP contribution in [0.3, 0.4) is 0 Å². The molecular formula is C18H25N3O. The first kappa shape index (κ1) is 15.1. The highest BCUT2D eigenvalue weighted by Crippen LogP contribution is 2.26. The molecule has 4 heteroatoms. The second-order valence-electron chi connectivity index (χ2n) is 6.55. The molecular weight excluding hydrogens is 274 g/mol. The normalized spacial score (nSPS) is 21.2. The Morgan fingerprint density at radius 1 is 1.27 bits per heavy atom. The predicted octanol–water partition coefficient (Wildman–Crippen LogP) is 3.12. The molecule has 0 atom stereocenters. The van der Waals surface area contributed by atoms with Gasteiger partial charge in [0, 0.05) is 17.9 Å². The average molecular weight is 299 g/mol. The van der Waals surface area contributed by atoms with E-state index in [2.05, 4.69) is 40.5 Å². The highest BCUT2D eigenvalue weighted by molar-refractivity contribution is 5.88. The molecule has 22 heavy (non-hydrogen) atoms. The standard InChI is InChI=1S/C18H25N3O/c1-14-8-10-16(11-9-14)19-20-18(22)13-21-12-4-6-15-5-2-3-7-17(15)21/h2-3,5,7,14H,4,6,8-13H2,1H3,(H,20,22). The number of carbonyl (C=O) groups is 1. The number of aryl methyl sites for hydroxylation is 1. The summed E-state index contributed by atoms with van der Waals surface area (Å²) in [6.45, 7) is 3.62.